The molecule has 0 amide bonds. The molecule has 0 radical (unpaired) electrons. The Balaban J connectivity index is 1.52. The van der Waals surface area contributed by atoms with Gasteiger partial charge in [-0.3, -0.25) is 0 Å². The number of hydrogen-bond acceptors (Lipinski definition) is 5. The van der Waals surface area contributed by atoms with Gasteiger partial charge >= 0.3 is 0 Å². The van der Waals surface area contributed by atoms with Gasteiger partial charge in [0.2, 0.25) is 0 Å². The second-order valence-corrected chi connectivity index (χ2v) is 15.7. The first-order valence-electron chi connectivity index (χ1n) is 15.6. The summed E-state index contributed by atoms with van der Waals surface area (Å²) in [4.78, 5) is 0. The van der Waals surface area contributed by atoms with E-state index in [0.29, 0.717) is 52.9 Å². The van der Waals surface area contributed by atoms with E-state index in [0.717, 1.165) is 13.0 Å². The molecule has 5 nitrogen and oxygen atoms in total. The van der Waals surface area contributed by atoms with Gasteiger partial charge in [-0.2, -0.15) is 0 Å². The molecule has 0 bridgehead atoms. The zero-order chi connectivity index (χ0) is 28.8. The van der Waals surface area contributed by atoms with Crippen molar-refractivity contribution < 1.29 is 23.4 Å². The summed E-state index contributed by atoms with van der Waals surface area (Å²) in [5.74, 6) is 0. The van der Waals surface area contributed by atoms with E-state index in [9.17, 15) is 0 Å². The molecule has 40 heavy (non-hydrogen) atoms. The second kappa shape index (κ2) is 21.2. The zero-order valence-corrected chi connectivity index (χ0v) is 26.8. The minimum Gasteiger partial charge on any atom is -0.405 e. The first-order chi connectivity index (χ1) is 19.5. The second-order valence-electron chi connectivity index (χ2n) is 11.4. The molecular weight excluding hydrogens is 516 g/mol. The zero-order valence-electron chi connectivity index (χ0n) is 25.8. The van der Waals surface area contributed by atoms with Crippen molar-refractivity contribution in [3.63, 3.8) is 0 Å². The van der Waals surface area contributed by atoms with Crippen molar-refractivity contribution in [1.29, 1.82) is 0 Å². The first kappa shape index (κ1) is 34.7. The molecule has 0 aliphatic rings. The maximum absolute atomic E-state index is 6.84. The molecule has 2 aromatic rings. The number of benzene rings is 2. The summed E-state index contributed by atoms with van der Waals surface area (Å²) in [7, 11) is -2.50. The van der Waals surface area contributed by atoms with E-state index in [4.69, 9.17) is 23.4 Å². The Morgan fingerprint density at radius 3 is 1.27 bits per heavy atom. The van der Waals surface area contributed by atoms with Crippen LogP contribution in [0.5, 0.6) is 0 Å². The van der Waals surface area contributed by atoms with E-state index < -0.39 is 8.32 Å². The van der Waals surface area contributed by atoms with Crippen LogP contribution < -0.4 is 10.4 Å². The van der Waals surface area contributed by atoms with Crippen LogP contribution in [-0.4, -0.2) is 67.8 Å². The predicted molar refractivity (Wildman–Crippen MR) is 169 cm³/mol. The van der Waals surface area contributed by atoms with Crippen molar-refractivity contribution >= 4 is 18.7 Å². The van der Waals surface area contributed by atoms with E-state index in [1.54, 1.807) is 0 Å². The Morgan fingerprint density at radius 1 is 0.475 bits per heavy atom. The predicted octanol–water partition coefficient (Wildman–Crippen LogP) is 6.77. The molecule has 0 aromatic heterocycles. The van der Waals surface area contributed by atoms with Gasteiger partial charge in [-0.1, -0.05) is 133 Å². The molecule has 0 fully saturated rings. The van der Waals surface area contributed by atoms with Gasteiger partial charge in [0, 0.05) is 6.61 Å². The fourth-order valence-corrected chi connectivity index (χ4v) is 9.66. The fourth-order valence-electron chi connectivity index (χ4n) is 5.12. The molecular formula is C34H56O5Si. The summed E-state index contributed by atoms with van der Waals surface area (Å²) in [6.07, 6.45) is 10.6. The Bertz CT molecular complexity index is 801. The van der Waals surface area contributed by atoms with Crippen molar-refractivity contribution in [3.05, 3.63) is 60.7 Å². The fraction of sp³-hybridized carbons (Fsp3) is 0.647. The molecule has 0 atom stereocenters. The van der Waals surface area contributed by atoms with Gasteiger partial charge in [0.05, 0.1) is 52.9 Å². The van der Waals surface area contributed by atoms with Crippen molar-refractivity contribution in [2.24, 2.45) is 0 Å². The van der Waals surface area contributed by atoms with Gasteiger partial charge in [-0.15, -0.1) is 0 Å². The van der Waals surface area contributed by atoms with Crippen molar-refractivity contribution in [2.75, 3.05) is 59.5 Å². The standard InChI is InChI=1S/C34H56O5Si/c1-5-6-7-8-9-10-11-18-23-35-24-25-36-26-27-37-28-29-38-30-31-39-40(34(2,3)4,32-19-14-12-15-20-32)33-21-16-13-17-22-33/h12-17,19-22H,5-11,18,23-31H2,1-4H3. The van der Waals surface area contributed by atoms with Crippen LogP contribution in [0.15, 0.2) is 60.7 Å². The lowest BCUT2D eigenvalue weighted by Gasteiger charge is -2.43. The molecule has 0 aliphatic heterocycles. The summed E-state index contributed by atoms with van der Waals surface area (Å²) in [6, 6.07) is 21.4. The van der Waals surface area contributed by atoms with E-state index in [2.05, 4.69) is 88.4 Å². The lowest BCUT2D eigenvalue weighted by atomic mass is 10.1. The summed E-state index contributed by atoms with van der Waals surface area (Å²) in [5.41, 5.74) is 0. The van der Waals surface area contributed by atoms with Crippen LogP contribution in [-0.2, 0) is 23.4 Å². The molecule has 2 rings (SSSR count). The molecule has 6 heteroatoms. The van der Waals surface area contributed by atoms with Crippen LogP contribution in [0.1, 0.15) is 79.1 Å². The maximum Gasteiger partial charge on any atom is 0.261 e. The first-order valence-corrected chi connectivity index (χ1v) is 17.5. The average molecular weight is 573 g/mol. The van der Waals surface area contributed by atoms with Crippen LogP contribution in [0.25, 0.3) is 0 Å². The van der Waals surface area contributed by atoms with E-state index in [1.165, 1.54) is 55.3 Å². The normalized spacial score (nSPS) is 12.2. The molecule has 0 heterocycles. The lowest BCUT2D eigenvalue weighted by Crippen LogP contribution is -2.66. The monoisotopic (exact) mass is 572 g/mol. The Labute approximate surface area is 246 Å². The van der Waals surface area contributed by atoms with Crippen LogP contribution in [0.4, 0.5) is 0 Å². The van der Waals surface area contributed by atoms with Crippen LogP contribution in [0.3, 0.4) is 0 Å². The molecule has 2 aromatic carbocycles. The number of unbranched alkanes of at least 4 members (excludes halogenated alkanes) is 7. The third-order valence-corrected chi connectivity index (χ3v) is 12.3. The lowest BCUT2D eigenvalue weighted by molar-refractivity contribution is -0.00518. The van der Waals surface area contributed by atoms with Crippen LogP contribution >= 0.6 is 0 Å². The highest BCUT2D eigenvalue weighted by Gasteiger charge is 2.49. The maximum atomic E-state index is 6.84. The molecule has 0 aliphatic carbocycles. The molecule has 0 saturated carbocycles. The van der Waals surface area contributed by atoms with E-state index in [1.807, 2.05) is 0 Å². The quantitative estimate of drug-likeness (QED) is 0.103. The van der Waals surface area contributed by atoms with Crippen molar-refractivity contribution in [3.8, 4) is 0 Å². The minimum absolute atomic E-state index is 0.0303. The largest absolute Gasteiger partial charge is 0.405 e. The number of rotatable bonds is 24. The van der Waals surface area contributed by atoms with Gasteiger partial charge in [-0.05, 0) is 21.8 Å². The Kier molecular flexibility index (Phi) is 18.4. The summed E-state index contributed by atoms with van der Waals surface area (Å²) in [5, 5.41) is 2.54. The number of ether oxygens (including phenoxy) is 4. The summed E-state index contributed by atoms with van der Waals surface area (Å²) < 4.78 is 29.6. The van der Waals surface area contributed by atoms with Gasteiger partial charge in [0.15, 0.2) is 0 Å². The van der Waals surface area contributed by atoms with E-state index in [-0.39, 0.29) is 5.04 Å². The van der Waals surface area contributed by atoms with Gasteiger partial charge < -0.3 is 23.4 Å². The average Bonchev–Trinajstić information content (AvgIpc) is 2.96. The highest BCUT2D eigenvalue weighted by molar-refractivity contribution is 6.99. The van der Waals surface area contributed by atoms with Gasteiger partial charge in [0.25, 0.3) is 8.32 Å². The number of hydrogen-bond donors (Lipinski definition) is 0. The highest BCUT2D eigenvalue weighted by Crippen LogP contribution is 2.36. The van der Waals surface area contributed by atoms with Gasteiger partial charge in [-0.25, -0.2) is 0 Å². The summed E-state index contributed by atoms with van der Waals surface area (Å²) >= 11 is 0. The molecule has 0 N–H and O–H groups in total. The highest BCUT2D eigenvalue weighted by atomic mass is 28.4. The Hall–Kier alpha value is -1.54. The Morgan fingerprint density at radius 2 is 0.850 bits per heavy atom. The molecule has 0 spiro atoms. The summed E-state index contributed by atoms with van der Waals surface area (Å²) in [6.45, 7) is 14.6. The smallest absolute Gasteiger partial charge is 0.261 e. The topological polar surface area (TPSA) is 46.2 Å². The molecule has 0 unspecified atom stereocenters. The molecule has 226 valence electrons. The van der Waals surface area contributed by atoms with Crippen molar-refractivity contribution in [2.45, 2.75) is 84.1 Å². The van der Waals surface area contributed by atoms with Crippen LogP contribution in [0.2, 0.25) is 5.04 Å². The van der Waals surface area contributed by atoms with E-state index >= 15 is 0 Å². The van der Waals surface area contributed by atoms with Crippen LogP contribution in [0, 0.1) is 0 Å². The minimum atomic E-state index is -2.50. The third kappa shape index (κ3) is 13.0. The van der Waals surface area contributed by atoms with Gasteiger partial charge in [0.1, 0.15) is 0 Å². The SMILES string of the molecule is CCCCCCCCCCOCCOCCOCCOCCO[Si](c1ccccc1)(c1ccccc1)C(C)(C)C. The third-order valence-electron chi connectivity index (χ3n) is 7.22. The molecule has 0 saturated heterocycles. The van der Waals surface area contributed by atoms with Crippen molar-refractivity contribution in [1.82, 2.24) is 0 Å².